The number of aryl methyl sites for hydroxylation is 1. The van der Waals surface area contributed by atoms with E-state index in [1.54, 1.807) is 18.3 Å². The second-order valence-corrected chi connectivity index (χ2v) is 7.17. The molecule has 1 heterocycles. The Labute approximate surface area is 165 Å². The highest BCUT2D eigenvalue weighted by molar-refractivity contribution is 5.87. The van der Waals surface area contributed by atoms with Gasteiger partial charge in [0, 0.05) is 25.1 Å². The largest absolute Gasteiger partial charge is 0.478 e. The van der Waals surface area contributed by atoms with Crippen LogP contribution in [-0.2, 0) is 14.3 Å². The molecule has 1 aliphatic rings. The number of ether oxygens (including phenoxy) is 1. The van der Waals surface area contributed by atoms with E-state index >= 15 is 0 Å². The highest BCUT2D eigenvalue weighted by atomic mass is 16.5. The molecule has 1 amide bonds. The Balaban J connectivity index is 2.37. The Morgan fingerprint density at radius 1 is 1.39 bits per heavy atom. The van der Waals surface area contributed by atoms with E-state index in [9.17, 15) is 14.7 Å². The zero-order valence-corrected chi connectivity index (χ0v) is 16.9. The van der Waals surface area contributed by atoms with Gasteiger partial charge in [0.1, 0.15) is 5.82 Å². The second-order valence-electron chi connectivity index (χ2n) is 7.17. The standard InChI is InChI=1S/C20H30N4O4/c1-5-14(6-2)28-17-9-13(20(26)27)8-16(18(17)23-12(4)25)24-19-15(21)7-11(3)10-22-19/h7,9-10,14,16-18H,5-6,8,21H2,1-4H3,(H,22,24)(H,23,25)(H,26,27)/t16-,17+,18+/m0/s1. The van der Waals surface area contributed by atoms with Crippen molar-refractivity contribution in [3.8, 4) is 0 Å². The number of carboxylic acid groups (broad SMARTS) is 1. The summed E-state index contributed by atoms with van der Waals surface area (Å²) < 4.78 is 6.15. The number of pyridine rings is 1. The predicted octanol–water partition coefficient (Wildman–Crippen LogP) is 2.25. The van der Waals surface area contributed by atoms with Crippen LogP contribution in [0.15, 0.2) is 23.9 Å². The Bertz CT molecular complexity index is 746. The number of nitrogens with zero attached hydrogens (tertiary/aromatic N) is 1. The molecule has 8 heteroatoms. The predicted molar refractivity (Wildman–Crippen MR) is 108 cm³/mol. The van der Waals surface area contributed by atoms with E-state index in [2.05, 4.69) is 15.6 Å². The molecule has 0 saturated heterocycles. The minimum atomic E-state index is -1.00. The fraction of sp³-hybridized carbons (Fsp3) is 0.550. The molecular formula is C20H30N4O4. The van der Waals surface area contributed by atoms with Crippen LogP contribution in [0.1, 0.15) is 45.6 Å². The Kier molecular flexibility index (Phi) is 7.39. The molecule has 0 bridgehead atoms. The highest BCUT2D eigenvalue weighted by Gasteiger charge is 2.37. The lowest BCUT2D eigenvalue weighted by Gasteiger charge is -2.38. The van der Waals surface area contributed by atoms with Gasteiger partial charge in [-0.15, -0.1) is 0 Å². The molecule has 0 aliphatic heterocycles. The summed E-state index contributed by atoms with van der Waals surface area (Å²) in [7, 11) is 0. The molecule has 8 nitrogen and oxygen atoms in total. The number of carbonyl (C=O) groups excluding carboxylic acids is 1. The van der Waals surface area contributed by atoms with Crippen LogP contribution >= 0.6 is 0 Å². The first kappa shape index (κ1) is 21.7. The summed E-state index contributed by atoms with van der Waals surface area (Å²) in [5.41, 5.74) is 7.69. The molecule has 0 radical (unpaired) electrons. The van der Waals surface area contributed by atoms with Gasteiger partial charge in [-0.25, -0.2) is 9.78 Å². The molecule has 1 aliphatic carbocycles. The number of amides is 1. The van der Waals surface area contributed by atoms with Crippen LogP contribution in [0.2, 0.25) is 0 Å². The maximum absolute atomic E-state index is 11.8. The molecule has 0 fully saturated rings. The maximum atomic E-state index is 11.8. The fourth-order valence-electron chi connectivity index (χ4n) is 3.39. The van der Waals surface area contributed by atoms with Crippen LogP contribution in [0, 0.1) is 6.92 Å². The molecule has 1 aromatic heterocycles. The molecule has 1 aromatic rings. The molecule has 154 valence electrons. The number of nitrogens with two attached hydrogens (primary N) is 1. The van der Waals surface area contributed by atoms with Gasteiger partial charge in [0.05, 0.1) is 30.0 Å². The van der Waals surface area contributed by atoms with Crippen LogP contribution in [0.3, 0.4) is 0 Å². The number of hydrogen-bond donors (Lipinski definition) is 4. The van der Waals surface area contributed by atoms with Gasteiger partial charge in [-0.2, -0.15) is 0 Å². The number of nitrogens with one attached hydrogen (secondary N) is 2. The van der Waals surface area contributed by atoms with Crippen LogP contribution in [0.25, 0.3) is 0 Å². The van der Waals surface area contributed by atoms with E-state index in [0.29, 0.717) is 11.5 Å². The van der Waals surface area contributed by atoms with Crippen molar-refractivity contribution in [2.24, 2.45) is 0 Å². The lowest BCUT2D eigenvalue weighted by molar-refractivity contribution is -0.133. The summed E-state index contributed by atoms with van der Waals surface area (Å²) >= 11 is 0. The number of nitrogen functional groups attached to an aromatic ring is 1. The third-order valence-corrected chi connectivity index (χ3v) is 4.87. The van der Waals surface area contributed by atoms with Gasteiger partial charge in [-0.05, 0) is 37.5 Å². The summed E-state index contributed by atoms with van der Waals surface area (Å²) in [6.07, 6.45) is 4.47. The zero-order chi connectivity index (χ0) is 20.8. The van der Waals surface area contributed by atoms with Gasteiger partial charge < -0.3 is 26.2 Å². The number of rotatable bonds is 8. The third kappa shape index (κ3) is 5.45. The summed E-state index contributed by atoms with van der Waals surface area (Å²) in [4.78, 5) is 27.8. The first-order valence-corrected chi connectivity index (χ1v) is 9.60. The molecule has 0 aromatic carbocycles. The van der Waals surface area contributed by atoms with Crippen LogP contribution < -0.4 is 16.4 Å². The van der Waals surface area contributed by atoms with E-state index < -0.39 is 24.2 Å². The summed E-state index contributed by atoms with van der Waals surface area (Å²) in [6.45, 7) is 7.34. The molecule has 0 spiro atoms. The number of anilines is 2. The van der Waals surface area contributed by atoms with E-state index in [4.69, 9.17) is 10.5 Å². The number of hydrogen-bond acceptors (Lipinski definition) is 6. The monoisotopic (exact) mass is 390 g/mol. The first-order valence-electron chi connectivity index (χ1n) is 9.60. The topological polar surface area (TPSA) is 127 Å². The van der Waals surface area contributed by atoms with Crippen molar-refractivity contribution in [1.29, 1.82) is 0 Å². The van der Waals surface area contributed by atoms with Gasteiger partial charge in [-0.3, -0.25) is 4.79 Å². The van der Waals surface area contributed by atoms with E-state index in [1.807, 2.05) is 20.8 Å². The van der Waals surface area contributed by atoms with Crippen molar-refractivity contribution < 1.29 is 19.4 Å². The van der Waals surface area contributed by atoms with Gasteiger partial charge >= 0.3 is 5.97 Å². The van der Waals surface area contributed by atoms with Crippen molar-refractivity contribution >= 4 is 23.4 Å². The molecule has 5 N–H and O–H groups in total. The normalized spacial score (nSPS) is 21.9. The number of aromatic nitrogens is 1. The highest BCUT2D eigenvalue weighted by Crippen LogP contribution is 2.28. The minimum absolute atomic E-state index is 0.0335. The molecule has 2 rings (SSSR count). The molecular weight excluding hydrogens is 360 g/mol. The first-order chi connectivity index (χ1) is 13.2. The smallest absolute Gasteiger partial charge is 0.331 e. The van der Waals surface area contributed by atoms with Gasteiger partial charge in [-0.1, -0.05) is 13.8 Å². The molecule has 0 unspecified atom stereocenters. The molecule has 0 saturated carbocycles. The lowest BCUT2D eigenvalue weighted by atomic mass is 9.87. The Hall–Kier alpha value is -2.61. The number of carbonyl (C=O) groups is 2. The quantitative estimate of drug-likeness (QED) is 0.536. The van der Waals surface area contributed by atoms with Gasteiger partial charge in [0.15, 0.2) is 0 Å². The third-order valence-electron chi connectivity index (χ3n) is 4.87. The Morgan fingerprint density at radius 3 is 2.61 bits per heavy atom. The summed E-state index contributed by atoms with van der Waals surface area (Å²) in [6, 6.07) is 0.901. The minimum Gasteiger partial charge on any atom is -0.478 e. The number of carboxylic acids is 1. The average molecular weight is 390 g/mol. The number of aliphatic carboxylic acids is 1. The van der Waals surface area contributed by atoms with Crippen molar-refractivity contribution in [2.75, 3.05) is 11.1 Å². The molecule has 28 heavy (non-hydrogen) atoms. The van der Waals surface area contributed by atoms with Crippen LogP contribution in [0.4, 0.5) is 11.5 Å². The van der Waals surface area contributed by atoms with Crippen LogP contribution in [-0.4, -0.2) is 46.3 Å². The Morgan fingerprint density at radius 2 is 2.07 bits per heavy atom. The molecule has 3 atom stereocenters. The van der Waals surface area contributed by atoms with Gasteiger partial charge in [0.2, 0.25) is 5.91 Å². The van der Waals surface area contributed by atoms with Gasteiger partial charge in [0.25, 0.3) is 0 Å². The van der Waals surface area contributed by atoms with Crippen molar-refractivity contribution in [1.82, 2.24) is 10.3 Å². The van der Waals surface area contributed by atoms with Crippen molar-refractivity contribution in [3.05, 3.63) is 29.5 Å². The summed E-state index contributed by atoms with van der Waals surface area (Å²) in [5, 5.41) is 15.7. The van der Waals surface area contributed by atoms with Crippen molar-refractivity contribution in [2.45, 2.75) is 71.2 Å². The van der Waals surface area contributed by atoms with E-state index in [0.717, 1.165) is 18.4 Å². The van der Waals surface area contributed by atoms with Crippen LogP contribution in [0.5, 0.6) is 0 Å². The van der Waals surface area contributed by atoms with Crippen molar-refractivity contribution in [3.63, 3.8) is 0 Å². The average Bonchev–Trinajstić information content (AvgIpc) is 2.63. The maximum Gasteiger partial charge on any atom is 0.331 e. The summed E-state index contributed by atoms with van der Waals surface area (Å²) in [5.74, 6) is -0.762. The fourth-order valence-corrected chi connectivity index (χ4v) is 3.39. The lowest BCUT2D eigenvalue weighted by Crippen LogP contribution is -2.56. The zero-order valence-electron chi connectivity index (χ0n) is 16.9. The second kappa shape index (κ2) is 9.54. The van der Waals surface area contributed by atoms with E-state index in [-0.39, 0.29) is 24.0 Å². The van der Waals surface area contributed by atoms with E-state index in [1.165, 1.54) is 6.92 Å². The SMILES string of the molecule is CCC(CC)O[C@@H]1C=C(C(=O)O)C[C@H](Nc2ncc(C)cc2N)[C@H]1NC(C)=O.